The average molecular weight is 175 g/mol. The summed E-state index contributed by atoms with van der Waals surface area (Å²) in [6.07, 6.45) is 1.32. The van der Waals surface area contributed by atoms with E-state index in [1.807, 2.05) is 11.0 Å². The van der Waals surface area contributed by atoms with Gasteiger partial charge in [-0.15, -0.1) is 0 Å². The molecule has 0 unspecified atom stereocenters. The molecule has 1 fully saturated rings. The molecule has 2 rings (SSSR count). The van der Waals surface area contributed by atoms with Gasteiger partial charge in [-0.1, -0.05) is 0 Å². The lowest BCUT2D eigenvalue weighted by molar-refractivity contribution is 0.141. The van der Waals surface area contributed by atoms with Crippen LogP contribution in [0, 0.1) is 11.3 Å². The average Bonchev–Trinajstić information content (AvgIpc) is 2.13. The molecule has 1 aromatic rings. The van der Waals surface area contributed by atoms with Crippen LogP contribution in [0.5, 0.6) is 0 Å². The van der Waals surface area contributed by atoms with Crippen molar-refractivity contribution in [1.82, 2.24) is 4.98 Å². The van der Waals surface area contributed by atoms with Crippen LogP contribution in [0.3, 0.4) is 0 Å². The van der Waals surface area contributed by atoms with Crippen molar-refractivity contribution in [3.05, 3.63) is 23.9 Å². The molecule has 1 aromatic heterocycles. The third kappa shape index (κ3) is 1.46. The molecule has 0 amide bonds. The van der Waals surface area contributed by atoms with Gasteiger partial charge >= 0.3 is 0 Å². The molecule has 1 saturated heterocycles. The van der Waals surface area contributed by atoms with Gasteiger partial charge in [0.05, 0.1) is 11.7 Å². The summed E-state index contributed by atoms with van der Waals surface area (Å²) in [7, 11) is 0. The van der Waals surface area contributed by atoms with E-state index < -0.39 is 0 Å². The molecule has 0 aliphatic carbocycles. The topological polar surface area (TPSA) is 60.2 Å². The van der Waals surface area contributed by atoms with Crippen molar-refractivity contribution in [1.29, 1.82) is 5.26 Å². The van der Waals surface area contributed by atoms with Crippen LogP contribution in [0.2, 0.25) is 0 Å². The number of aliphatic hydroxyl groups excluding tert-OH is 1. The van der Waals surface area contributed by atoms with Gasteiger partial charge in [0.25, 0.3) is 0 Å². The molecule has 1 aliphatic heterocycles. The van der Waals surface area contributed by atoms with Crippen molar-refractivity contribution >= 4 is 5.82 Å². The van der Waals surface area contributed by atoms with Crippen molar-refractivity contribution in [2.24, 2.45) is 0 Å². The summed E-state index contributed by atoms with van der Waals surface area (Å²) >= 11 is 0. The van der Waals surface area contributed by atoms with E-state index in [9.17, 15) is 0 Å². The van der Waals surface area contributed by atoms with Crippen LogP contribution in [-0.4, -0.2) is 29.3 Å². The predicted molar refractivity (Wildman–Crippen MR) is 47.2 cm³/mol. The first-order valence-corrected chi connectivity index (χ1v) is 4.09. The number of aliphatic hydroxyl groups is 1. The normalized spacial score (nSPS) is 16.5. The maximum atomic E-state index is 9.06. The van der Waals surface area contributed by atoms with Gasteiger partial charge in [0.2, 0.25) is 0 Å². The van der Waals surface area contributed by atoms with Crippen LogP contribution in [0.25, 0.3) is 0 Å². The van der Waals surface area contributed by atoms with Gasteiger partial charge in [0, 0.05) is 19.3 Å². The third-order valence-electron chi connectivity index (χ3n) is 2.06. The van der Waals surface area contributed by atoms with E-state index in [1.54, 1.807) is 18.3 Å². The standard InChI is InChI=1S/C9H9N3O/c10-3-7-1-2-9(11-4-7)12-5-8(13)6-12/h1-2,4,8,13H,5-6H2. The number of rotatable bonds is 1. The van der Waals surface area contributed by atoms with Crippen molar-refractivity contribution < 1.29 is 5.11 Å². The van der Waals surface area contributed by atoms with Crippen LogP contribution in [0.4, 0.5) is 5.82 Å². The molecule has 4 nitrogen and oxygen atoms in total. The molecule has 1 N–H and O–H groups in total. The van der Waals surface area contributed by atoms with Crippen LogP contribution in [0.1, 0.15) is 5.56 Å². The van der Waals surface area contributed by atoms with Gasteiger partial charge in [0.1, 0.15) is 11.9 Å². The molecule has 1 aliphatic rings. The minimum absolute atomic E-state index is 0.225. The molecule has 0 spiro atoms. The Bertz CT molecular complexity index is 335. The lowest BCUT2D eigenvalue weighted by Crippen LogP contribution is -2.51. The third-order valence-corrected chi connectivity index (χ3v) is 2.06. The Morgan fingerprint density at radius 1 is 1.54 bits per heavy atom. The molecule has 13 heavy (non-hydrogen) atoms. The quantitative estimate of drug-likeness (QED) is 0.659. The van der Waals surface area contributed by atoms with Crippen molar-refractivity contribution in [2.45, 2.75) is 6.10 Å². The number of β-amino-alcohol motifs (C(OH)–C–C–N with tert-alkyl or cyclic N) is 1. The Labute approximate surface area is 76.1 Å². The second kappa shape index (κ2) is 3.04. The fraction of sp³-hybridized carbons (Fsp3) is 0.333. The number of hydrogen-bond donors (Lipinski definition) is 1. The zero-order chi connectivity index (χ0) is 9.26. The fourth-order valence-electron chi connectivity index (χ4n) is 1.28. The molecular formula is C9H9N3O. The number of pyridine rings is 1. The summed E-state index contributed by atoms with van der Waals surface area (Å²) in [5.74, 6) is 0.823. The summed E-state index contributed by atoms with van der Waals surface area (Å²) in [6.45, 7) is 1.28. The number of aromatic nitrogens is 1. The van der Waals surface area contributed by atoms with Crippen LogP contribution < -0.4 is 4.90 Å². The maximum absolute atomic E-state index is 9.06. The van der Waals surface area contributed by atoms with Gasteiger partial charge in [-0.25, -0.2) is 4.98 Å². The summed E-state index contributed by atoms with van der Waals surface area (Å²) < 4.78 is 0. The highest BCUT2D eigenvalue weighted by molar-refractivity contribution is 5.44. The molecule has 0 aromatic carbocycles. The Morgan fingerprint density at radius 3 is 2.77 bits per heavy atom. The molecule has 0 saturated carbocycles. The summed E-state index contributed by atoms with van der Waals surface area (Å²) in [4.78, 5) is 6.06. The zero-order valence-corrected chi connectivity index (χ0v) is 7.01. The smallest absolute Gasteiger partial charge is 0.128 e. The van der Waals surface area contributed by atoms with Gasteiger partial charge < -0.3 is 10.0 Å². The van der Waals surface area contributed by atoms with E-state index in [-0.39, 0.29) is 6.10 Å². The molecule has 0 bridgehead atoms. The highest BCUT2D eigenvalue weighted by Crippen LogP contribution is 2.17. The minimum Gasteiger partial charge on any atom is -0.389 e. The molecule has 0 radical (unpaired) electrons. The first-order valence-electron chi connectivity index (χ1n) is 4.09. The lowest BCUT2D eigenvalue weighted by atomic mass is 10.1. The summed E-state index contributed by atoms with van der Waals surface area (Å²) in [6, 6.07) is 5.53. The second-order valence-electron chi connectivity index (χ2n) is 3.08. The van der Waals surface area contributed by atoms with Crippen molar-refractivity contribution in [3.8, 4) is 6.07 Å². The van der Waals surface area contributed by atoms with Crippen LogP contribution >= 0.6 is 0 Å². The van der Waals surface area contributed by atoms with E-state index in [2.05, 4.69) is 4.98 Å². The zero-order valence-electron chi connectivity index (χ0n) is 7.01. The molecule has 66 valence electrons. The minimum atomic E-state index is -0.225. The molecular weight excluding hydrogens is 166 g/mol. The second-order valence-corrected chi connectivity index (χ2v) is 3.08. The van der Waals surface area contributed by atoms with Gasteiger partial charge in [0.15, 0.2) is 0 Å². The van der Waals surface area contributed by atoms with Gasteiger partial charge in [-0.05, 0) is 12.1 Å². The van der Waals surface area contributed by atoms with Crippen LogP contribution in [0.15, 0.2) is 18.3 Å². The Balaban J connectivity index is 2.11. The first-order chi connectivity index (χ1) is 6.29. The number of nitriles is 1. The van der Waals surface area contributed by atoms with E-state index >= 15 is 0 Å². The number of anilines is 1. The largest absolute Gasteiger partial charge is 0.389 e. The first kappa shape index (κ1) is 8.02. The van der Waals surface area contributed by atoms with E-state index in [0.29, 0.717) is 18.7 Å². The molecule has 0 atom stereocenters. The number of nitrogens with zero attached hydrogens (tertiary/aromatic N) is 3. The SMILES string of the molecule is N#Cc1ccc(N2CC(O)C2)nc1. The Morgan fingerprint density at radius 2 is 2.31 bits per heavy atom. The monoisotopic (exact) mass is 175 g/mol. The Kier molecular flexibility index (Phi) is 1.87. The van der Waals surface area contributed by atoms with Crippen molar-refractivity contribution in [3.63, 3.8) is 0 Å². The molecule has 4 heteroatoms. The number of hydrogen-bond acceptors (Lipinski definition) is 4. The maximum Gasteiger partial charge on any atom is 0.128 e. The van der Waals surface area contributed by atoms with Gasteiger partial charge in [-0.2, -0.15) is 5.26 Å². The lowest BCUT2D eigenvalue weighted by Gasteiger charge is -2.36. The molecule has 2 heterocycles. The van der Waals surface area contributed by atoms with Crippen molar-refractivity contribution in [2.75, 3.05) is 18.0 Å². The Hall–Kier alpha value is -1.60. The highest BCUT2D eigenvalue weighted by atomic mass is 16.3. The van der Waals surface area contributed by atoms with E-state index in [1.165, 1.54) is 0 Å². The fourth-order valence-corrected chi connectivity index (χ4v) is 1.28. The summed E-state index contributed by atoms with van der Waals surface area (Å²) in [5, 5.41) is 17.6. The van der Waals surface area contributed by atoms with Gasteiger partial charge in [-0.3, -0.25) is 0 Å². The predicted octanol–water partition coefficient (Wildman–Crippen LogP) is 0.134. The highest BCUT2D eigenvalue weighted by Gasteiger charge is 2.24. The van der Waals surface area contributed by atoms with E-state index in [4.69, 9.17) is 10.4 Å². The van der Waals surface area contributed by atoms with Crippen LogP contribution in [-0.2, 0) is 0 Å². The summed E-state index contributed by atoms with van der Waals surface area (Å²) in [5.41, 5.74) is 0.560. The van der Waals surface area contributed by atoms with E-state index in [0.717, 1.165) is 5.82 Å².